The molecule has 2 aromatic rings. The molecular weight excluding hydrogens is 294 g/mol. The molecule has 1 amide bonds. The average molecular weight is 313 g/mol. The maximum Gasteiger partial charge on any atom is 0.261 e. The van der Waals surface area contributed by atoms with E-state index in [-0.39, 0.29) is 11.0 Å². The van der Waals surface area contributed by atoms with Gasteiger partial charge in [-0.3, -0.25) is 9.59 Å². The number of pyridine rings is 1. The van der Waals surface area contributed by atoms with Crippen LogP contribution in [-0.2, 0) is 4.74 Å². The summed E-state index contributed by atoms with van der Waals surface area (Å²) >= 11 is 0. The molecule has 1 aromatic carbocycles. The molecule has 1 saturated heterocycles. The summed E-state index contributed by atoms with van der Waals surface area (Å²) in [6.45, 7) is 4.96. The first-order valence-electron chi connectivity index (χ1n) is 7.57. The molecule has 1 aliphatic heterocycles. The van der Waals surface area contributed by atoms with Crippen molar-refractivity contribution in [2.24, 2.45) is 0 Å². The molecule has 0 radical (unpaired) electrons. The number of aromatic amines is 1. The summed E-state index contributed by atoms with van der Waals surface area (Å²) in [7, 11) is 0. The fraction of sp³-hybridized carbons (Fsp3) is 0.294. The third kappa shape index (κ3) is 3.60. The van der Waals surface area contributed by atoms with Gasteiger partial charge in [0, 0.05) is 42.4 Å². The van der Waals surface area contributed by atoms with E-state index >= 15 is 0 Å². The number of nitrogens with zero attached hydrogens (tertiary/aromatic N) is 1. The molecule has 1 aromatic heterocycles. The van der Waals surface area contributed by atoms with E-state index in [1.165, 1.54) is 12.3 Å². The molecule has 0 spiro atoms. The number of carbonyl (C=O) groups is 1. The molecule has 0 unspecified atom stereocenters. The van der Waals surface area contributed by atoms with E-state index in [0.717, 1.165) is 37.7 Å². The van der Waals surface area contributed by atoms with Crippen LogP contribution in [0.25, 0.3) is 0 Å². The molecule has 0 atom stereocenters. The molecule has 0 aliphatic carbocycles. The summed E-state index contributed by atoms with van der Waals surface area (Å²) in [5, 5.41) is 2.75. The number of aromatic nitrogens is 1. The van der Waals surface area contributed by atoms with Gasteiger partial charge in [-0.1, -0.05) is 0 Å². The number of ether oxygens (including phenoxy) is 1. The van der Waals surface area contributed by atoms with E-state index in [9.17, 15) is 9.59 Å². The zero-order chi connectivity index (χ0) is 16.2. The summed E-state index contributed by atoms with van der Waals surface area (Å²) in [5.41, 5.74) is 2.30. The van der Waals surface area contributed by atoms with E-state index in [2.05, 4.69) is 15.2 Å². The van der Waals surface area contributed by atoms with Gasteiger partial charge in [0.15, 0.2) is 5.43 Å². The first kappa shape index (κ1) is 15.3. The van der Waals surface area contributed by atoms with Crippen LogP contribution in [0.15, 0.2) is 41.3 Å². The third-order valence-electron chi connectivity index (χ3n) is 3.80. The second-order valence-corrected chi connectivity index (χ2v) is 5.49. The van der Waals surface area contributed by atoms with Crippen LogP contribution in [0.3, 0.4) is 0 Å². The van der Waals surface area contributed by atoms with Crippen LogP contribution in [0.2, 0.25) is 0 Å². The number of H-pyrrole nitrogens is 1. The van der Waals surface area contributed by atoms with Gasteiger partial charge in [0.25, 0.3) is 5.91 Å². The van der Waals surface area contributed by atoms with Crippen molar-refractivity contribution in [3.05, 3.63) is 58.0 Å². The van der Waals surface area contributed by atoms with Crippen molar-refractivity contribution >= 4 is 17.3 Å². The van der Waals surface area contributed by atoms with Gasteiger partial charge < -0.3 is 19.9 Å². The van der Waals surface area contributed by atoms with Crippen LogP contribution in [0, 0.1) is 6.92 Å². The van der Waals surface area contributed by atoms with Gasteiger partial charge in [0.1, 0.15) is 5.56 Å². The standard InChI is InChI=1S/C17H19N3O3/c1-12-10-16(21)15(11-18-12)17(22)19-13-2-4-14(5-3-13)20-6-8-23-9-7-20/h2-5,10-11H,6-9H2,1H3,(H,18,21)(H,19,22). The number of anilines is 2. The lowest BCUT2D eigenvalue weighted by molar-refractivity contribution is 0.102. The number of amides is 1. The normalized spacial score (nSPS) is 14.6. The second-order valence-electron chi connectivity index (χ2n) is 5.49. The van der Waals surface area contributed by atoms with Crippen molar-refractivity contribution in [3.63, 3.8) is 0 Å². The monoisotopic (exact) mass is 313 g/mol. The maximum absolute atomic E-state index is 12.2. The molecule has 6 heteroatoms. The summed E-state index contributed by atoms with van der Waals surface area (Å²) in [5.74, 6) is -0.412. The third-order valence-corrected chi connectivity index (χ3v) is 3.80. The highest BCUT2D eigenvalue weighted by molar-refractivity contribution is 6.04. The highest BCUT2D eigenvalue weighted by Crippen LogP contribution is 2.19. The SMILES string of the molecule is Cc1cc(=O)c(C(=O)Nc2ccc(N3CCOCC3)cc2)c[nH]1. The summed E-state index contributed by atoms with van der Waals surface area (Å²) in [4.78, 5) is 29.1. The molecule has 0 bridgehead atoms. The van der Waals surface area contributed by atoms with Crippen molar-refractivity contribution in [3.8, 4) is 0 Å². The van der Waals surface area contributed by atoms with Crippen LogP contribution in [0.5, 0.6) is 0 Å². The minimum absolute atomic E-state index is 0.104. The molecule has 120 valence electrons. The minimum atomic E-state index is -0.412. The summed E-state index contributed by atoms with van der Waals surface area (Å²) in [6, 6.07) is 9.01. The highest BCUT2D eigenvalue weighted by Gasteiger charge is 2.13. The van der Waals surface area contributed by atoms with Crippen LogP contribution in [-0.4, -0.2) is 37.2 Å². The Morgan fingerprint density at radius 2 is 1.91 bits per heavy atom. The average Bonchev–Trinajstić information content (AvgIpc) is 2.56. The zero-order valence-electron chi connectivity index (χ0n) is 13.0. The number of aryl methyl sites for hydroxylation is 1. The van der Waals surface area contributed by atoms with Crippen LogP contribution < -0.4 is 15.6 Å². The first-order chi connectivity index (χ1) is 11.1. The molecule has 2 N–H and O–H groups in total. The van der Waals surface area contributed by atoms with Crippen molar-refractivity contribution in [2.75, 3.05) is 36.5 Å². The number of hydrogen-bond acceptors (Lipinski definition) is 4. The summed E-state index contributed by atoms with van der Waals surface area (Å²) < 4.78 is 5.33. The molecular formula is C17H19N3O3. The molecule has 2 heterocycles. The van der Waals surface area contributed by atoms with Gasteiger partial charge in [0.05, 0.1) is 13.2 Å². The van der Waals surface area contributed by atoms with E-state index < -0.39 is 5.91 Å². The number of nitrogens with one attached hydrogen (secondary N) is 2. The molecule has 3 rings (SSSR count). The number of hydrogen-bond donors (Lipinski definition) is 2. The van der Waals surface area contributed by atoms with Crippen molar-refractivity contribution < 1.29 is 9.53 Å². The fourth-order valence-electron chi connectivity index (χ4n) is 2.53. The quantitative estimate of drug-likeness (QED) is 0.906. The van der Waals surface area contributed by atoms with Gasteiger partial charge in [-0.25, -0.2) is 0 Å². The van der Waals surface area contributed by atoms with E-state index in [1.807, 2.05) is 24.3 Å². The Morgan fingerprint density at radius 3 is 2.57 bits per heavy atom. The minimum Gasteiger partial charge on any atom is -0.378 e. The largest absolute Gasteiger partial charge is 0.378 e. The number of rotatable bonds is 3. The van der Waals surface area contributed by atoms with Crippen molar-refractivity contribution in [2.45, 2.75) is 6.92 Å². The van der Waals surface area contributed by atoms with Crippen LogP contribution in [0.4, 0.5) is 11.4 Å². The predicted molar refractivity (Wildman–Crippen MR) is 89.2 cm³/mol. The van der Waals surface area contributed by atoms with Gasteiger partial charge in [0.2, 0.25) is 0 Å². The Labute approximate surface area is 134 Å². The van der Waals surface area contributed by atoms with E-state index in [0.29, 0.717) is 5.69 Å². The zero-order valence-corrected chi connectivity index (χ0v) is 13.0. The van der Waals surface area contributed by atoms with Gasteiger partial charge in [-0.05, 0) is 31.2 Å². The molecule has 0 saturated carbocycles. The van der Waals surface area contributed by atoms with Crippen LogP contribution in [0.1, 0.15) is 16.1 Å². The Balaban J connectivity index is 1.70. The number of morpholine rings is 1. The fourth-order valence-corrected chi connectivity index (χ4v) is 2.53. The Bertz CT molecular complexity index is 746. The van der Waals surface area contributed by atoms with E-state index in [1.54, 1.807) is 6.92 Å². The van der Waals surface area contributed by atoms with Crippen LogP contribution >= 0.6 is 0 Å². The lowest BCUT2D eigenvalue weighted by atomic mass is 10.2. The number of carbonyl (C=O) groups excluding carboxylic acids is 1. The molecule has 6 nitrogen and oxygen atoms in total. The Kier molecular flexibility index (Phi) is 4.43. The lowest BCUT2D eigenvalue weighted by Gasteiger charge is -2.28. The lowest BCUT2D eigenvalue weighted by Crippen LogP contribution is -2.36. The van der Waals surface area contributed by atoms with E-state index in [4.69, 9.17) is 4.74 Å². The Hall–Kier alpha value is -2.60. The van der Waals surface area contributed by atoms with Gasteiger partial charge >= 0.3 is 0 Å². The van der Waals surface area contributed by atoms with Crippen molar-refractivity contribution in [1.82, 2.24) is 4.98 Å². The van der Waals surface area contributed by atoms with Crippen molar-refractivity contribution in [1.29, 1.82) is 0 Å². The van der Waals surface area contributed by atoms with Gasteiger partial charge in [-0.15, -0.1) is 0 Å². The number of benzene rings is 1. The second kappa shape index (κ2) is 6.66. The first-order valence-corrected chi connectivity index (χ1v) is 7.57. The molecule has 23 heavy (non-hydrogen) atoms. The molecule has 1 fully saturated rings. The Morgan fingerprint density at radius 1 is 1.22 bits per heavy atom. The smallest absolute Gasteiger partial charge is 0.261 e. The van der Waals surface area contributed by atoms with Gasteiger partial charge in [-0.2, -0.15) is 0 Å². The predicted octanol–water partition coefficient (Wildman–Crippen LogP) is 1.77. The molecule has 1 aliphatic rings. The summed E-state index contributed by atoms with van der Waals surface area (Å²) in [6.07, 6.45) is 1.44. The maximum atomic E-state index is 12.2. The highest BCUT2D eigenvalue weighted by atomic mass is 16.5. The topological polar surface area (TPSA) is 74.4 Å².